The summed E-state index contributed by atoms with van der Waals surface area (Å²) in [7, 11) is 1.72. The first-order valence-corrected chi connectivity index (χ1v) is 7.70. The van der Waals surface area contributed by atoms with Gasteiger partial charge in [-0.1, -0.05) is 6.07 Å². The van der Waals surface area contributed by atoms with Crippen LogP contribution >= 0.6 is 0 Å². The Morgan fingerprint density at radius 2 is 2.29 bits per heavy atom. The second-order valence-electron chi connectivity index (χ2n) is 5.84. The molecule has 4 nitrogen and oxygen atoms in total. The van der Waals surface area contributed by atoms with Crippen LogP contribution in [-0.4, -0.2) is 42.7 Å². The van der Waals surface area contributed by atoms with Crippen molar-refractivity contribution in [1.82, 2.24) is 4.90 Å². The number of nitrogens with zero attached hydrogens (tertiary/aromatic N) is 1. The van der Waals surface area contributed by atoms with E-state index >= 15 is 0 Å². The van der Waals surface area contributed by atoms with Crippen LogP contribution in [0.5, 0.6) is 5.75 Å². The standard InChI is InChI=1S/C17H25NO3/c1-13-15(8-3-9-16(13)19)17(20)18-10-4-6-14(12-18)7-5-11-21-2/h3,8-9,14,19H,4-7,10-12H2,1-2H3. The van der Waals surface area contributed by atoms with Gasteiger partial charge in [-0.2, -0.15) is 0 Å². The molecule has 116 valence electrons. The van der Waals surface area contributed by atoms with Crippen LogP contribution < -0.4 is 0 Å². The largest absolute Gasteiger partial charge is 0.508 e. The lowest BCUT2D eigenvalue weighted by Crippen LogP contribution is -2.40. The molecule has 0 spiro atoms. The number of aromatic hydroxyl groups is 1. The fraction of sp³-hybridized carbons (Fsp3) is 0.588. The highest BCUT2D eigenvalue weighted by molar-refractivity contribution is 5.96. The summed E-state index contributed by atoms with van der Waals surface area (Å²) in [6.07, 6.45) is 4.40. The van der Waals surface area contributed by atoms with Crippen molar-refractivity contribution in [3.63, 3.8) is 0 Å². The quantitative estimate of drug-likeness (QED) is 0.849. The van der Waals surface area contributed by atoms with Crippen molar-refractivity contribution in [1.29, 1.82) is 0 Å². The van der Waals surface area contributed by atoms with Crippen LogP contribution in [0.2, 0.25) is 0 Å². The van der Waals surface area contributed by atoms with E-state index in [1.54, 1.807) is 32.2 Å². The molecule has 0 aliphatic carbocycles. The minimum Gasteiger partial charge on any atom is -0.508 e. The van der Waals surface area contributed by atoms with Crippen molar-refractivity contribution in [2.45, 2.75) is 32.6 Å². The van der Waals surface area contributed by atoms with Gasteiger partial charge in [0.2, 0.25) is 0 Å². The van der Waals surface area contributed by atoms with Crippen LogP contribution in [0.1, 0.15) is 41.6 Å². The number of likely N-dealkylation sites (tertiary alicyclic amines) is 1. The second-order valence-corrected chi connectivity index (χ2v) is 5.84. The van der Waals surface area contributed by atoms with Crippen molar-refractivity contribution in [2.24, 2.45) is 5.92 Å². The zero-order valence-electron chi connectivity index (χ0n) is 13.0. The van der Waals surface area contributed by atoms with E-state index < -0.39 is 0 Å². The van der Waals surface area contributed by atoms with Gasteiger partial charge in [0, 0.05) is 37.9 Å². The Labute approximate surface area is 126 Å². The molecule has 1 saturated heterocycles. The Hall–Kier alpha value is -1.55. The lowest BCUT2D eigenvalue weighted by Gasteiger charge is -2.33. The molecular weight excluding hydrogens is 266 g/mol. The topological polar surface area (TPSA) is 49.8 Å². The Morgan fingerprint density at radius 1 is 1.48 bits per heavy atom. The molecule has 1 atom stereocenters. The summed E-state index contributed by atoms with van der Waals surface area (Å²) in [5.41, 5.74) is 1.29. The summed E-state index contributed by atoms with van der Waals surface area (Å²) in [5.74, 6) is 0.796. The number of amides is 1. The third-order valence-electron chi connectivity index (χ3n) is 4.30. The minimum atomic E-state index is 0.0415. The average Bonchev–Trinajstić information content (AvgIpc) is 2.50. The predicted molar refractivity (Wildman–Crippen MR) is 82.6 cm³/mol. The fourth-order valence-electron chi connectivity index (χ4n) is 3.03. The van der Waals surface area contributed by atoms with Gasteiger partial charge in [-0.3, -0.25) is 4.79 Å². The van der Waals surface area contributed by atoms with Gasteiger partial charge in [0.1, 0.15) is 5.75 Å². The first kappa shape index (κ1) is 15.8. The van der Waals surface area contributed by atoms with E-state index in [0.717, 1.165) is 39.0 Å². The number of hydrogen-bond donors (Lipinski definition) is 1. The summed E-state index contributed by atoms with van der Waals surface area (Å²) in [6, 6.07) is 5.15. The lowest BCUT2D eigenvalue weighted by atomic mass is 9.93. The Balaban J connectivity index is 2.00. The molecule has 1 heterocycles. The van der Waals surface area contributed by atoms with Crippen LogP contribution in [0.3, 0.4) is 0 Å². The van der Waals surface area contributed by atoms with Crippen molar-refractivity contribution in [3.8, 4) is 5.75 Å². The Kier molecular flexibility index (Phi) is 5.62. The van der Waals surface area contributed by atoms with E-state index in [1.807, 2.05) is 4.90 Å². The van der Waals surface area contributed by atoms with Gasteiger partial charge in [-0.15, -0.1) is 0 Å². The third-order valence-corrected chi connectivity index (χ3v) is 4.30. The molecule has 4 heteroatoms. The Morgan fingerprint density at radius 3 is 3.05 bits per heavy atom. The Bertz CT molecular complexity index is 487. The molecule has 1 aliphatic rings. The SMILES string of the molecule is COCCCC1CCCN(C(=O)c2cccc(O)c2C)C1. The molecule has 21 heavy (non-hydrogen) atoms. The van der Waals surface area contributed by atoms with E-state index in [9.17, 15) is 9.90 Å². The van der Waals surface area contributed by atoms with Crippen molar-refractivity contribution in [2.75, 3.05) is 26.8 Å². The fourth-order valence-corrected chi connectivity index (χ4v) is 3.03. The average molecular weight is 291 g/mol. The third kappa shape index (κ3) is 3.97. The summed E-state index contributed by atoms with van der Waals surface area (Å²) >= 11 is 0. The molecular formula is C17H25NO3. The number of benzene rings is 1. The highest BCUT2D eigenvalue weighted by Gasteiger charge is 2.25. The molecule has 1 N–H and O–H groups in total. The van der Waals surface area contributed by atoms with Gasteiger partial charge in [-0.05, 0) is 50.7 Å². The summed E-state index contributed by atoms with van der Waals surface area (Å²) in [4.78, 5) is 14.6. The van der Waals surface area contributed by atoms with Crippen LogP contribution in [-0.2, 0) is 4.74 Å². The molecule has 0 radical (unpaired) electrons. The van der Waals surface area contributed by atoms with Crippen LogP contribution in [0.25, 0.3) is 0 Å². The maximum Gasteiger partial charge on any atom is 0.254 e. The number of methoxy groups -OCH3 is 1. The van der Waals surface area contributed by atoms with E-state index in [2.05, 4.69) is 0 Å². The maximum atomic E-state index is 12.6. The number of hydrogen-bond acceptors (Lipinski definition) is 3. The van der Waals surface area contributed by atoms with Gasteiger partial charge in [0.25, 0.3) is 5.91 Å². The second kappa shape index (κ2) is 7.46. The minimum absolute atomic E-state index is 0.0415. The van der Waals surface area contributed by atoms with Crippen molar-refractivity contribution >= 4 is 5.91 Å². The van der Waals surface area contributed by atoms with Crippen LogP contribution in [0.15, 0.2) is 18.2 Å². The number of piperidine rings is 1. The van der Waals surface area contributed by atoms with Gasteiger partial charge in [0.05, 0.1) is 0 Å². The van der Waals surface area contributed by atoms with Gasteiger partial charge in [0.15, 0.2) is 0 Å². The monoisotopic (exact) mass is 291 g/mol. The van der Waals surface area contributed by atoms with E-state index in [-0.39, 0.29) is 11.7 Å². The van der Waals surface area contributed by atoms with Crippen LogP contribution in [0.4, 0.5) is 0 Å². The number of rotatable bonds is 5. The van der Waals surface area contributed by atoms with E-state index in [1.165, 1.54) is 6.42 Å². The molecule has 1 aromatic carbocycles. The molecule has 1 unspecified atom stereocenters. The molecule has 0 saturated carbocycles. The van der Waals surface area contributed by atoms with Gasteiger partial charge >= 0.3 is 0 Å². The first-order chi connectivity index (χ1) is 10.1. The van der Waals surface area contributed by atoms with Gasteiger partial charge < -0.3 is 14.7 Å². The molecule has 1 amide bonds. The zero-order valence-corrected chi connectivity index (χ0v) is 13.0. The molecule has 2 rings (SSSR count). The highest BCUT2D eigenvalue weighted by atomic mass is 16.5. The van der Waals surface area contributed by atoms with Gasteiger partial charge in [-0.25, -0.2) is 0 Å². The normalized spacial score (nSPS) is 18.8. The van der Waals surface area contributed by atoms with Crippen molar-refractivity contribution in [3.05, 3.63) is 29.3 Å². The van der Waals surface area contributed by atoms with E-state index in [0.29, 0.717) is 17.0 Å². The van der Waals surface area contributed by atoms with Crippen molar-refractivity contribution < 1.29 is 14.6 Å². The summed E-state index contributed by atoms with van der Waals surface area (Å²) in [6.45, 7) is 4.21. The predicted octanol–water partition coefficient (Wildman–Crippen LogP) is 2.98. The summed E-state index contributed by atoms with van der Waals surface area (Å²) < 4.78 is 5.10. The number of carbonyl (C=O) groups is 1. The first-order valence-electron chi connectivity index (χ1n) is 7.70. The molecule has 0 bridgehead atoms. The van der Waals surface area contributed by atoms with E-state index in [4.69, 9.17) is 4.74 Å². The molecule has 1 aliphatic heterocycles. The molecule has 1 aromatic rings. The maximum absolute atomic E-state index is 12.6. The molecule has 0 aromatic heterocycles. The number of phenols is 1. The molecule has 1 fully saturated rings. The smallest absolute Gasteiger partial charge is 0.254 e. The number of carbonyl (C=O) groups excluding carboxylic acids is 1. The lowest BCUT2D eigenvalue weighted by molar-refractivity contribution is 0.0659. The van der Waals surface area contributed by atoms with Crippen LogP contribution in [0, 0.1) is 12.8 Å². The highest BCUT2D eigenvalue weighted by Crippen LogP contribution is 2.25. The summed E-state index contributed by atoms with van der Waals surface area (Å²) in [5, 5.41) is 9.76. The number of ether oxygens (including phenoxy) is 1. The zero-order chi connectivity index (χ0) is 15.2. The number of phenolic OH excluding ortho intramolecular Hbond substituents is 1.